The molecule has 5 nitrogen and oxygen atoms in total. The van der Waals surface area contributed by atoms with Gasteiger partial charge in [-0.25, -0.2) is 17.7 Å². The van der Waals surface area contributed by atoms with E-state index < -0.39 is 10.0 Å². The zero-order chi connectivity index (χ0) is 14.9. The lowest BCUT2D eigenvalue weighted by Gasteiger charge is -2.26. The number of hydrogen-bond donors (Lipinski definition) is 1. The Morgan fingerprint density at radius 2 is 2.10 bits per heavy atom. The standard InChI is InChI=1S/C15H21N3O2S/c1-18(11-12-6-3-2-4-7-12)21(19,20)14-10-17-15-13(14)8-5-9-16-15/h5,8-10,12H,2-4,6-7,11H2,1H3,(H,16,17). The van der Waals surface area contributed by atoms with Crippen molar-refractivity contribution in [3.63, 3.8) is 0 Å². The summed E-state index contributed by atoms with van der Waals surface area (Å²) in [5.41, 5.74) is 0.613. The van der Waals surface area contributed by atoms with Gasteiger partial charge in [0.15, 0.2) is 0 Å². The minimum atomic E-state index is -3.46. The molecule has 1 N–H and O–H groups in total. The van der Waals surface area contributed by atoms with Gasteiger partial charge in [-0.1, -0.05) is 19.3 Å². The number of nitrogens with zero attached hydrogens (tertiary/aromatic N) is 2. The van der Waals surface area contributed by atoms with Gasteiger partial charge in [-0.15, -0.1) is 0 Å². The first kappa shape index (κ1) is 14.5. The Hall–Kier alpha value is -1.40. The smallest absolute Gasteiger partial charge is 0.245 e. The van der Waals surface area contributed by atoms with Gasteiger partial charge in [0.1, 0.15) is 10.5 Å². The zero-order valence-corrected chi connectivity index (χ0v) is 13.1. The largest absolute Gasteiger partial charge is 0.345 e. The third-order valence-electron chi connectivity index (χ3n) is 4.34. The third-order valence-corrected chi connectivity index (χ3v) is 6.20. The summed E-state index contributed by atoms with van der Waals surface area (Å²) in [4.78, 5) is 7.41. The molecule has 0 bridgehead atoms. The first-order valence-corrected chi connectivity index (χ1v) is 8.91. The molecule has 0 saturated heterocycles. The highest BCUT2D eigenvalue weighted by Gasteiger charge is 2.27. The van der Waals surface area contributed by atoms with Crippen molar-refractivity contribution < 1.29 is 8.42 Å². The van der Waals surface area contributed by atoms with Crippen LogP contribution in [0.5, 0.6) is 0 Å². The van der Waals surface area contributed by atoms with E-state index in [1.165, 1.54) is 23.6 Å². The van der Waals surface area contributed by atoms with Crippen molar-refractivity contribution in [3.05, 3.63) is 24.5 Å². The molecule has 1 aliphatic rings. The van der Waals surface area contributed by atoms with Crippen molar-refractivity contribution in [2.45, 2.75) is 37.0 Å². The van der Waals surface area contributed by atoms with Gasteiger partial charge >= 0.3 is 0 Å². The van der Waals surface area contributed by atoms with Gasteiger partial charge in [0.25, 0.3) is 0 Å². The van der Waals surface area contributed by atoms with Crippen LogP contribution in [-0.4, -0.2) is 36.3 Å². The zero-order valence-electron chi connectivity index (χ0n) is 12.2. The molecular weight excluding hydrogens is 286 g/mol. The fraction of sp³-hybridized carbons (Fsp3) is 0.533. The maximum atomic E-state index is 12.8. The van der Waals surface area contributed by atoms with Gasteiger partial charge < -0.3 is 4.98 Å². The number of aromatic amines is 1. The molecule has 1 saturated carbocycles. The SMILES string of the molecule is CN(CC1CCCCC1)S(=O)(=O)c1c[nH]c2ncccc12. The Bertz CT molecular complexity index is 717. The average molecular weight is 307 g/mol. The summed E-state index contributed by atoms with van der Waals surface area (Å²) in [6, 6.07) is 3.55. The van der Waals surface area contributed by atoms with E-state index in [9.17, 15) is 8.42 Å². The van der Waals surface area contributed by atoms with Crippen LogP contribution in [0.4, 0.5) is 0 Å². The molecule has 0 amide bonds. The van der Waals surface area contributed by atoms with Crippen LogP contribution in [0.15, 0.2) is 29.4 Å². The lowest BCUT2D eigenvalue weighted by Crippen LogP contribution is -2.32. The van der Waals surface area contributed by atoms with Crippen LogP contribution < -0.4 is 0 Å². The topological polar surface area (TPSA) is 66.1 Å². The van der Waals surface area contributed by atoms with E-state index in [1.807, 2.05) is 0 Å². The molecule has 114 valence electrons. The first-order valence-electron chi connectivity index (χ1n) is 7.47. The summed E-state index contributed by atoms with van der Waals surface area (Å²) in [5.74, 6) is 0.488. The van der Waals surface area contributed by atoms with Gasteiger partial charge in [-0.3, -0.25) is 0 Å². The Morgan fingerprint density at radius 3 is 2.86 bits per heavy atom. The maximum Gasteiger partial charge on any atom is 0.245 e. The van der Waals surface area contributed by atoms with E-state index in [-0.39, 0.29) is 0 Å². The number of fused-ring (bicyclic) bond motifs is 1. The minimum absolute atomic E-state index is 0.323. The van der Waals surface area contributed by atoms with Gasteiger partial charge in [0.2, 0.25) is 10.0 Å². The van der Waals surface area contributed by atoms with E-state index >= 15 is 0 Å². The number of hydrogen-bond acceptors (Lipinski definition) is 3. The number of H-pyrrole nitrogens is 1. The van der Waals surface area contributed by atoms with Crippen LogP contribution in [0.3, 0.4) is 0 Å². The summed E-state index contributed by atoms with van der Waals surface area (Å²) >= 11 is 0. The molecule has 0 unspecified atom stereocenters. The van der Waals surface area contributed by atoms with E-state index in [1.54, 1.807) is 31.6 Å². The second-order valence-electron chi connectivity index (χ2n) is 5.84. The van der Waals surface area contributed by atoms with Crippen LogP contribution in [-0.2, 0) is 10.0 Å². The Kier molecular flexibility index (Phi) is 3.99. The van der Waals surface area contributed by atoms with Crippen LogP contribution in [0.1, 0.15) is 32.1 Å². The summed E-state index contributed by atoms with van der Waals surface area (Å²) in [6.07, 6.45) is 9.18. The number of aromatic nitrogens is 2. The molecular formula is C15H21N3O2S. The van der Waals surface area contributed by atoms with Crippen molar-refractivity contribution in [1.82, 2.24) is 14.3 Å². The van der Waals surface area contributed by atoms with Gasteiger partial charge in [-0.2, -0.15) is 0 Å². The summed E-state index contributed by atoms with van der Waals surface area (Å²) < 4.78 is 27.0. The maximum absolute atomic E-state index is 12.8. The molecule has 21 heavy (non-hydrogen) atoms. The number of nitrogens with one attached hydrogen (secondary N) is 1. The summed E-state index contributed by atoms with van der Waals surface area (Å²) in [5, 5.41) is 0.660. The second kappa shape index (κ2) is 5.77. The fourth-order valence-electron chi connectivity index (χ4n) is 3.14. The van der Waals surface area contributed by atoms with Gasteiger partial charge in [0.05, 0.1) is 0 Å². The van der Waals surface area contributed by atoms with Crippen molar-refractivity contribution >= 4 is 21.1 Å². The van der Waals surface area contributed by atoms with Crippen LogP contribution in [0, 0.1) is 5.92 Å². The quantitative estimate of drug-likeness (QED) is 0.944. The lowest BCUT2D eigenvalue weighted by molar-refractivity contribution is 0.300. The van der Waals surface area contributed by atoms with Gasteiger partial charge in [0, 0.05) is 31.4 Å². The molecule has 3 rings (SSSR count). The molecule has 0 aromatic carbocycles. The molecule has 1 fully saturated rings. The number of sulfonamides is 1. The second-order valence-corrected chi connectivity index (χ2v) is 7.86. The van der Waals surface area contributed by atoms with E-state index in [2.05, 4.69) is 9.97 Å². The van der Waals surface area contributed by atoms with Crippen molar-refractivity contribution in [2.75, 3.05) is 13.6 Å². The molecule has 2 aromatic heterocycles. The van der Waals surface area contributed by atoms with E-state index in [0.29, 0.717) is 28.4 Å². The number of pyridine rings is 1. The predicted octanol–water partition coefficient (Wildman–Crippen LogP) is 2.76. The lowest BCUT2D eigenvalue weighted by atomic mass is 9.89. The molecule has 2 heterocycles. The summed E-state index contributed by atoms with van der Waals surface area (Å²) in [7, 11) is -1.78. The van der Waals surface area contributed by atoms with Gasteiger partial charge in [-0.05, 0) is 30.9 Å². The molecule has 6 heteroatoms. The van der Waals surface area contributed by atoms with Crippen LogP contribution >= 0.6 is 0 Å². The molecule has 0 aliphatic heterocycles. The van der Waals surface area contributed by atoms with E-state index in [0.717, 1.165) is 12.8 Å². The highest BCUT2D eigenvalue weighted by molar-refractivity contribution is 7.89. The van der Waals surface area contributed by atoms with Crippen molar-refractivity contribution in [2.24, 2.45) is 5.92 Å². The highest BCUT2D eigenvalue weighted by Crippen LogP contribution is 2.28. The van der Waals surface area contributed by atoms with Crippen LogP contribution in [0.2, 0.25) is 0 Å². The summed E-state index contributed by atoms with van der Waals surface area (Å²) in [6.45, 7) is 0.606. The van der Waals surface area contributed by atoms with Crippen molar-refractivity contribution in [1.29, 1.82) is 0 Å². The first-order chi connectivity index (χ1) is 10.1. The molecule has 0 radical (unpaired) electrons. The highest BCUT2D eigenvalue weighted by atomic mass is 32.2. The molecule has 0 spiro atoms. The molecule has 1 aliphatic carbocycles. The van der Waals surface area contributed by atoms with Crippen LogP contribution in [0.25, 0.3) is 11.0 Å². The Morgan fingerprint density at radius 1 is 1.33 bits per heavy atom. The molecule has 2 aromatic rings. The fourth-order valence-corrected chi connectivity index (χ4v) is 4.54. The Balaban J connectivity index is 1.85. The molecule has 0 atom stereocenters. The average Bonchev–Trinajstić information content (AvgIpc) is 2.93. The number of rotatable bonds is 4. The predicted molar refractivity (Wildman–Crippen MR) is 82.5 cm³/mol. The third kappa shape index (κ3) is 2.82. The minimum Gasteiger partial charge on any atom is -0.345 e. The Labute approximate surface area is 125 Å². The monoisotopic (exact) mass is 307 g/mol. The normalized spacial score (nSPS) is 17.6. The van der Waals surface area contributed by atoms with E-state index in [4.69, 9.17) is 0 Å². The van der Waals surface area contributed by atoms with Crippen molar-refractivity contribution in [3.8, 4) is 0 Å².